The number of nitriles is 1. The van der Waals surface area contributed by atoms with E-state index in [1.165, 1.54) is 18.4 Å². The number of pyridine rings is 1. The molecule has 0 radical (unpaired) electrons. The number of aromatic nitrogens is 1. The molecule has 1 aliphatic rings. The molecule has 102 valence electrons. The van der Waals surface area contributed by atoms with Gasteiger partial charge in [0, 0.05) is 17.8 Å². The van der Waals surface area contributed by atoms with E-state index in [-0.39, 0.29) is 12.1 Å². The first-order chi connectivity index (χ1) is 9.05. The zero-order valence-electron chi connectivity index (χ0n) is 11.7. The predicted octanol–water partition coefficient (Wildman–Crippen LogP) is 2.40. The first kappa shape index (κ1) is 13.8. The summed E-state index contributed by atoms with van der Waals surface area (Å²) in [5, 5.41) is 21.6. The number of hydrogen-bond donors (Lipinski definition) is 2. The first-order valence-corrected chi connectivity index (χ1v) is 6.88. The van der Waals surface area contributed by atoms with Gasteiger partial charge in [-0.05, 0) is 57.6 Å². The highest BCUT2D eigenvalue weighted by Gasteiger charge is 2.21. The zero-order chi connectivity index (χ0) is 13.9. The number of nitrogens with one attached hydrogen (secondary N) is 1. The highest BCUT2D eigenvalue weighted by molar-refractivity contribution is 5.55. The summed E-state index contributed by atoms with van der Waals surface area (Å²) in [6.45, 7) is 4.13. The van der Waals surface area contributed by atoms with Gasteiger partial charge in [0.2, 0.25) is 0 Å². The summed E-state index contributed by atoms with van der Waals surface area (Å²) in [4.78, 5) is 4.64. The van der Waals surface area contributed by atoms with E-state index in [0.29, 0.717) is 17.8 Å². The van der Waals surface area contributed by atoms with Crippen LogP contribution in [-0.2, 0) is 12.8 Å². The zero-order valence-corrected chi connectivity index (χ0v) is 11.7. The molecule has 0 atom stereocenters. The Morgan fingerprint density at radius 3 is 2.84 bits per heavy atom. The van der Waals surface area contributed by atoms with Crippen molar-refractivity contribution in [3.63, 3.8) is 0 Å². The van der Waals surface area contributed by atoms with E-state index in [2.05, 4.69) is 16.4 Å². The minimum atomic E-state index is -0.268. The Morgan fingerprint density at radius 2 is 2.16 bits per heavy atom. The Balaban J connectivity index is 2.32. The molecule has 19 heavy (non-hydrogen) atoms. The summed E-state index contributed by atoms with van der Waals surface area (Å²) in [6.07, 6.45) is 5.00. The second-order valence-corrected chi connectivity index (χ2v) is 5.79. The molecule has 0 bridgehead atoms. The van der Waals surface area contributed by atoms with Crippen LogP contribution >= 0.6 is 0 Å². The molecule has 4 nitrogen and oxygen atoms in total. The standard InChI is InChI=1S/C15H21N3O/c1-15(2,7-8-19)18-14-12(10-16)9-11-5-3-4-6-13(11)17-14/h9,19H,3-8H2,1-2H3,(H,17,18). The maximum absolute atomic E-state index is 9.27. The van der Waals surface area contributed by atoms with Gasteiger partial charge in [0.15, 0.2) is 0 Å². The van der Waals surface area contributed by atoms with Crippen LogP contribution in [0.25, 0.3) is 0 Å². The van der Waals surface area contributed by atoms with Crippen LogP contribution in [0.4, 0.5) is 5.82 Å². The lowest BCUT2D eigenvalue weighted by Crippen LogP contribution is -2.33. The van der Waals surface area contributed by atoms with Crippen molar-refractivity contribution in [2.24, 2.45) is 0 Å². The van der Waals surface area contributed by atoms with E-state index < -0.39 is 0 Å². The van der Waals surface area contributed by atoms with Crippen LogP contribution in [0.15, 0.2) is 6.07 Å². The number of hydrogen-bond acceptors (Lipinski definition) is 4. The average molecular weight is 259 g/mol. The molecule has 4 heteroatoms. The third-order valence-corrected chi connectivity index (χ3v) is 3.61. The van der Waals surface area contributed by atoms with Crippen LogP contribution in [0.2, 0.25) is 0 Å². The Bertz CT molecular complexity index is 503. The molecule has 1 aromatic rings. The van der Waals surface area contributed by atoms with Gasteiger partial charge in [-0.1, -0.05) is 0 Å². The van der Waals surface area contributed by atoms with Crippen LogP contribution in [0.1, 0.15) is 49.9 Å². The van der Waals surface area contributed by atoms with Gasteiger partial charge in [0.1, 0.15) is 11.9 Å². The minimum Gasteiger partial charge on any atom is -0.396 e. The van der Waals surface area contributed by atoms with Crippen LogP contribution < -0.4 is 5.32 Å². The molecule has 2 rings (SSSR count). The van der Waals surface area contributed by atoms with Crippen molar-refractivity contribution in [3.8, 4) is 6.07 Å². The highest BCUT2D eigenvalue weighted by Crippen LogP contribution is 2.26. The van der Waals surface area contributed by atoms with Gasteiger partial charge in [-0.2, -0.15) is 5.26 Å². The smallest absolute Gasteiger partial charge is 0.144 e. The topological polar surface area (TPSA) is 68.9 Å². The fraction of sp³-hybridized carbons (Fsp3) is 0.600. The largest absolute Gasteiger partial charge is 0.396 e. The molecule has 1 aromatic heterocycles. The lowest BCUT2D eigenvalue weighted by atomic mass is 9.94. The highest BCUT2D eigenvalue weighted by atomic mass is 16.3. The van der Waals surface area contributed by atoms with Crippen molar-refractivity contribution in [1.29, 1.82) is 5.26 Å². The Labute approximate surface area is 114 Å². The number of fused-ring (bicyclic) bond motifs is 1. The second kappa shape index (κ2) is 5.58. The monoisotopic (exact) mass is 259 g/mol. The van der Waals surface area contributed by atoms with Crippen molar-refractivity contribution in [2.75, 3.05) is 11.9 Å². The molecule has 0 amide bonds. The molecule has 0 aliphatic heterocycles. The molecule has 1 aliphatic carbocycles. The number of aliphatic hydroxyl groups excluding tert-OH is 1. The fourth-order valence-corrected chi connectivity index (χ4v) is 2.48. The summed E-state index contributed by atoms with van der Waals surface area (Å²) in [5.41, 5.74) is 2.67. The molecule has 0 spiro atoms. The van der Waals surface area contributed by atoms with E-state index in [0.717, 1.165) is 18.5 Å². The normalized spacial score (nSPS) is 14.6. The van der Waals surface area contributed by atoms with Gasteiger partial charge in [0.05, 0.1) is 5.56 Å². The maximum Gasteiger partial charge on any atom is 0.144 e. The van der Waals surface area contributed by atoms with Crippen molar-refractivity contribution < 1.29 is 5.11 Å². The summed E-state index contributed by atoms with van der Waals surface area (Å²) in [6, 6.07) is 4.19. The molecule has 0 fully saturated rings. The summed E-state index contributed by atoms with van der Waals surface area (Å²) < 4.78 is 0. The molecular weight excluding hydrogens is 238 g/mol. The molecule has 0 aromatic carbocycles. The van der Waals surface area contributed by atoms with Gasteiger partial charge < -0.3 is 10.4 Å². The number of rotatable bonds is 4. The third kappa shape index (κ3) is 3.24. The number of nitrogens with zero attached hydrogens (tertiary/aromatic N) is 2. The van der Waals surface area contributed by atoms with Gasteiger partial charge in [-0.25, -0.2) is 4.98 Å². The van der Waals surface area contributed by atoms with Crippen molar-refractivity contribution in [1.82, 2.24) is 4.98 Å². The minimum absolute atomic E-state index is 0.118. The Morgan fingerprint density at radius 1 is 1.42 bits per heavy atom. The first-order valence-electron chi connectivity index (χ1n) is 6.88. The molecule has 1 heterocycles. The molecule has 2 N–H and O–H groups in total. The van der Waals surface area contributed by atoms with Gasteiger partial charge in [0.25, 0.3) is 0 Å². The summed E-state index contributed by atoms with van der Waals surface area (Å²) >= 11 is 0. The SMILES string of the molecule is CC(C)(CCO)Nc1nc2c(cc1C#N)CCCC2. The summed E-state index contributed by atoms with van der Waals surface area (Å²) in [5.74, 6) is 0.654. The van der Waals surface area contributed by atoms with E-state index in [9.17, 15) is 5.26 Å². The van der Waals surface area contributed by atoms with Crippen molar-refractivity contribution in [3.05, 3.63) is 22.9 Å². The molecule has 0 saturated heterocycles. The summed E-state index contributed by atoms with van der Waals surface area (Å²) in [7, 11) is 0. The Hall–Kier alpha value is -1.60. The van der Waals surface area contributed by atoms with Crippen LogP contribution in [-0.4, -0.2) is 22.2 Å². The molecule has 0 unspecified atom stereocenters. The van der Waals surface area contributed by atoms with E-state index >= 15 is 0 Å². The predicted molar refractivity (Wildman–Crippen MR) is 75.0 cm³/mol. The quantitative estimate of drug-likeness (QED) is 0.871. The number of aliphatic hydroxyl groups is 1. The van der Waals surface area contributed by atoms with E-state index in [1.54, 1.807) is 0 Å². The van der Waals surface area contributed by atoms with Crippen molar-refractivity contribution >= 4 is 5.82 Å². The van der Waals surface area contributed by atoms with Crippen molar-refractivity contribution in [2.45, 2.75) is 51.5 Å². The number of aryl methyl sites for hydroxylation is 2. The van der Waals surface area contributed by atoms with Gasteiger partial charge in [-0.15, -0.1) is 0 Å². The molecule has 0 saturated carbocycles. The lowest BCUT2D eigenvalue weighted by Gasteiger charge is -2.27. The fourth-order valence-electron chi connectivity index (χ4n) is 2.48. The van der Waals surface area contributed by atoms with Gasteiger partial charge >= 0.3 is 0 Å². The third-order valence-electron chi connectivity index (χ3n) is 3.61. The number of anilines is 1. The maximum atomic E-state index is 9.27. The van der Waals surface area contributed by atoms with E-state index in [1.807, 2.05) is 19.9 Å². The van der Waals surface area contributed by atoms with Crippen LogP contribution in [0, 0.1) is 11.3 Å². The average Bonchev–Trinajstić information content (AvgIpc) is 2.37. The van der Waals surface area contributed by atoms with Crippen LogP contribution in [0.5, 0.6) is 0 Å². The Kier molecular flexibility index (Phi) is 4.06. The van der Waals surface area contributed by atoms with Gasteiger partial charge in [-0.3, -0.25) is 0 Å². The molecular formula is C15H21N3O. The lowest BCUT2D eigenvalue weighted by molar-refractivity contribution is 0.260. The van der Waals surface area contributed by atoms with Crippen LogP contribution in [0.3, 0.4) is 0 Å². The second-order valence-electron chi connectivity index (χ2n) is 5.79. The van der Waals surface area contributed by atoms with E-state index in [4.69, 9.17) is 5.11 Å².